The van der Waals surface area contributed by atoms with Crippen molar-refractivity contribution < 1.29 is 23.9 Å². The SMILES string of the molecule is C[C@H](OC(=O)c1ccc(COc2ccccc2)cc1)C(=O)NC(=O)NC1CCCC1. The van der Waals surface area contributed by atoms with E-state index in [4.69, 9.17) is 9.47 Å². The van der Waals surface area contributed by atoms with E-state index in [1.54, 1.807) is 24.3 Å². The van der Waals surface area contributed by atoms with Crippen LogP contribution in [-0.2, 0) is 16.1 Å². The fraction of sp³-hybridized carbons (Fsp3) is 0.348. The van der Waals surface area contributed by atoms with Gasteiger partial charge >= 0.3 is 12.0 Å². The number of amides is 3. The third-order valence-corrected chi connectivity index (χ3v) is 4.92. The Hall–Kier alpha value is -3.35. The number of benzene rings is 2. The molecule has 1 fully saturated rings. The van der Waals surface area contributed by atoms with Gasteiger partial charge in [0.25, 0.3) is 5.91 Å². The number of imide groups is 1. The quantitative estimate of drug-likeness (QED) is 0.681. The average Bonchev–Trinajstić information content (AvgIpc) is 3.26. The maximum atomic E-state index is 12.3. The van der Waals surface area contributed by atoms with Gasteiger partial charge in [0.1, 0.15) is 12.4 Å². The molecule has 0 radical (unpaired) electrons. The molecule has 0 heterocycles. The summed E-state index contributed by atoms with van der Waals surface area (Å²) >= 11 is 0. The first-order chi connectivity index (χ1) is 14.5. The second kappa shape index (κ2) is 10.4. The number of esters is 1. The van der Waals surface area contributed by atoms with Crippen LogP contribution in [0.15, 0.2) is 54.6 Å². The number of hydrogen-bond acceptors (Lipinski definition) is 5. The highest BCUT2D eigenvalue weighted by atomic mass is 16.5. The predicted molar refractivity (Wildman–Crippen MR) is 111 cm³/mol. The van der Waals surface area contributed by atoms with E-state index >= 15 is 0 Å². The molecule has 0 spiro atoms. The van der Waals surface area contributed by atoms with E-state index in [1.165, 1.54) is 6.92 Å². The molecule has 1 aliphatic carbocycles. The van der Waals surface area contributed by atoms with E-state index in [2.05, 4.69) is 10.6 Å². The standard InChI is InChI=1S/C23H26N2O5/c1-16(21(26)25-23(28)24-19-7-5-6-8-19)30-22(27)18-13-11-17(12-14-18)15-29-20-9-3-2-4-10-20/h2-4,9-14,16,19H,5-8,15H2,1H3,(H2,24,25,26,28)/t16-/m0/s1. The molecule has 2 N–H and O–H groups in total. The zero-order valence-electron chi connectivity index (χ0n) is 16.9. The van der Waals surface area contributed by atoms with Gasteiger partial charge in [0.15, 0.2) is 6.10 Å². The highest BCUT2D eigenvalue weighted by molar-refractivity contribution is 5.98. The minimum absolute atomic E-state index is 0.0973. The van der Waals surface area contributed by atoms with Crippen molar-refractivity contribution in [2.45, 2.75) is 51.4 Å². The molecule has 0 aromatic heterocycles. The molecule has 1 atom stereocenters. The largest absolute Gasteiger partial charge is 0.489 e. The van der Waals surface area contributed by atoms with Crippen LogP contribution in [0.1, 0.15) is 48.5 Å². The Morgan fingerprint density at radius 1 is 1.00 bits per heavy atom. The van der Waals surface area contributed by atoms with Crippen molar-refractivity contribution in [2.75, 3.05) is 0 Å². The van der Waals surface area contributed by atoms with Crippen molar-refractivity contribution in [3.05, 3.63) is 65.7 Å². The summed E-state index contributed by atoms with van der Waals surface area (Å²) in [5.74, 6) is -0.533. The normalized spacial score (nSPS) is 14.6. The molecule has 3 amide bonds. The van der Waals surface area contributed by atoms with Gasteiger partial charge in [-0.3, -0.25) is 10.1 Å². The first kappa shape index (κ1) is 21.4. The van der Waals surface area contributed by atoms with E-state index in [9.17, 15) is 14.4 Å². The predicted octanol–water partition coefficient (Wildman–Crippen LogP) is 3.58. The molecule has 0 bridgehead atoms. The molecular formula is C23H26N2O5. The van der Waals surface area contributed by atoms with Crippen LogP contribution in [0.3, 0.4) is 0 Å². The lowest BCUT2D eigenvalue weighted by Gasteiger charge is -2.15. The van der Waals surface area contributed by atoms with Gasteiger partial charge in [-0.1, -0.05) is 43.2 Å². The molecular weight excluding hydrogens is 384 g/mol. The summed E-state index contributed by atoms with van der Waals surface area (Å²) in [5.41, 5.74) is 1.21. The van der Waals surface area contributed by atoms with Crippen LogP contribution in [0.2, 0.25) is 0 Å². The first-order valence-electron chi connectivity index (χ1n) is 10.1. The summed E-state index contributed by atoms with van der Waals surface area (Å²) in [4.78, 5) is 36.3. The Labute approximate surface area is 175 Å². The zero-order chi connectivity index (χ0) is 21.3. The Kier molecular flexibility index (Phi) is 7.43. The Bertz CT molecular complexity index is 861. The third kappa shape index (κ3) is 6.34. The topological polar surface area (TPSA) is 93.7 Å². The number of para-hydroxylation sites is 1. The minimum Gasteiger partial charge on any atom is -0.489 e. The summed E-state index contributed by atoms with van der Waals surface area (Å²) in [6.45, 7) is 1.80. The molecule has 2 aromatic rings. The van der Waals surface area contributed by atoms with Gasteiger partial charge in [0.05, 0.1) is 5.56 Å². The van der Waals surface area contributed by atoms with E-state index in [1.807, 2.05) is 30.3 Å². The molecule has 30 heavy (non-hydrogen) atoms. The van der Waals surface area contributed by atoms with Gasteiger partial charge in [0, 0.05) is 6.04 Å². The van der Waals surface area contributed by atoms with Crippen LogP contribution in [0.25, 0.3) is 0 Å². The molecule has 1 saturated carbocycles. The summed E-state index contributed by atoms with van der Waals surface area (Å²) in [5, 5.41) is 4.98. The van der Waals surface area contributed by atoms with Crippen LogP contribution in [0.4, 0.5) is 4.79 Å². The molecule has 7 heteroatoms. The number of carbonyl (C=O) groups excluding carboxylic acids is 3. The van der Waals surface area contributed by atoms with Crippen LogP contribution >= 0.6 is 0 Å². The minimum atomic E-state index is -1.09. The lowest BCUT2D eigenvalue weighted by molar-refractivity contribution is -0.127. The molecule has 0 aliphatic heterocycles. The lowest BCUT2D eigenvalue weighted by atomic mass is 10.1. The van der Waals surface area contributed by atoms with E-state index in [-0.39, 0.29) is 6.04 Å². The molecule has 1 aliphatic rings. The number of hydrogen-bond donors (Lipinski definition) is 2. The van der Waals surface area contributed by atoms with Gasteiger partial charge in [0.2, 0.25) is 0 Å². The number of nitrogens with one attached hydrogen (secondary N) is 2. The summed E-state index contributed by atoms with van der Waals surface area (Å²) in [6, 6.07) is 15.7. The summed E-state index contributed by atoms with van der Waals surface area (Å²) < 4.78 is 10.8. The second-order valence-corrected chi connectivity index (χ2v) is 7.29. The maximum Gasteiger partial charge on any atom is 0.338 e. The number of ether oxygens (including phenoxy) is 2. The fourth-order valence-electron chi connectivity index (χ4n) is 3.21. The molecule has 3 rings (SSSR count). The summed E-state index contributed by atoms with van der Waals surface area (Å²) in [7, 11) is 0. The average molecular weight is 410 g/mol. The molecule has 0 saturated heterocycles. The van der Waals surface area contributed by atoms with Gasteiger partial charge in [-0.15, -0.1) is 0 Å². The van der Waals surface area contributed by atoms with Crippen molar-refractivity contribution in [3.63, 3.8) is 0 Å². The smallest absolute Gasteiger partial charge is 0.338 e. The van der Waals surface area contributed by atoms with Gasteiger partial charge in [-0.25, -0.2) is 9.59 Å². The highest BCUT2D eigenvalue weighted by Crippen LogP contribution is 2.17. The Morgan fingerprint density at radius 3 is 2.33 bits per heavy atom. The first-order valence-corrected chi connectivity index (χ1v) is 10.1. The maximum absolute atomic E-state index is 12.3. The summed E-state index contributed by atoms with van der Waals surface area (Å²) in [6.07, 6.45) is 2.89. The lowest BCUT2D eigenvalue weighted by Crippen LogP contribution is -2.47. The van der Waals surface area contributed by atoms with Crippen LogP contribution in [-0.4, -0.2) is 30.1 Å². The van der Waals surface area contributed by atoms with E-state index in [0.29, 0.717) is 12.2 Å². The number of urea groups is 1. The Balaban J connectivity index is 1.44. The number of carbonyl (C=O) groups is 3. The van der Waals surface area contributed by atoms with Gasteiger partial charge < -0.3 is 14.8 Å². The Morgan fingerprint density at radius 2 is 1.67 bits per heavy atom. The monoisotopic (exact) mass is 410 g/mol. The highest BCUT2D eigenvalue weighted by Gasteiger charge is 2.23. The van der Waals surface area contributed by atoms with E-state index < -0.39 is 24.0 Å². The second-order valence-electron chi connectivity index (χ2n) is 7.29. The zero-order valence-corrected chi connectivity index (χ0v) is 16.9. The fourth-order valence-corrected chi connectivity index (χ4v) is 3.21. The molecule has 2 aromatic carbocycles. The van der Waals surface area contributed by atoms with Crippen LogP contribution < -0.4 is 15.4 Å². The molecule has 7 nitrogen and oxygen atoms in total. The van der Waals surface area contributed by atoms with Crippen molar-refractivity contribution in [1.29, 1.82) is 0 Å². The van der Waals surface area contributed by atoms with Crippen molar-refractivity contribution in [2.24, 2.45) is 0 Å². The molecule has 158 valence electrons. The van der Waals surface area contributed by atoms with E-state index in [0.717, 1.165) is 37.0 Å². The van der Waals surface area contributed by atoms with Gasteiger partial charge in [-0.05, 0) is 49.6 Å². The third-order valence-electron chi connectivity index (χ3n) is 4.92. The molecule has 0 unspecified atom stereocenters. The van der Waals surface area contributed by atoms with Gasteiger partial charge in [-0.2, -0.15) is 0 Å². The van der Waals surface area contributed by atoms with Crippen molar-refractivity contribution >= 4 is 17.9 Å². The number of rotatable bonds is 7. The van der Waals surface area contributed by atoms with Crippen LogP contribution in [0, 0.1) is 0 Å². The van der Waals surface area contributed by atoms with Crippen LogP contribution in [0.5, 0.6) is 5.75 Å². The van der Waals surface area contributed by atoms with Crippen molar-refractivity contribution in [3.8, 4) is 5.75 Å². The van der Waals surface area contributed by atoms with Crippen molar-refractivity contribution in [1.82, 2.24) is 10.6 Å².